The highest BCUT2D eigenvalue weighted by molar-refractivity contribution is 5.76. The van der Waals surface area contributed by atoms with Gasteiger partial charge in [-0.05, 0) is 83.5 Å². The molecule has 0 aromatic rings. The Morgan fingerprint density at radius 3 is 0.959 bits per heavy atom. The minimum Gasteiger partial charge on any atom is -0.466 e. The van der Waals surface area contributed by atoms with Crippen molar-refractivity contribution in [2.75, 3.05) is 13.2 Å². The summed E-state index contributed by atoms with van der Waals surface area (Å²) in [6, 6.07) is -0.626. The van der Waals surface area contributed by atoms with Crippen LogP contribution in [-0.2, 0) is 14.3 Å². The van der Waals surface area contributed by atoms with E-state index in [2.05, 4.69) is 43.5 Å². The maximum Gasteiger partial charge on any atom is 0.305 e. The molecule has 0 spiro atoms. The van der Waals surface area contributed by atoms with Crippen LogP contribution in [0, 0.1) is 0 Å². The first-order valence-electron chi connectivity index (χ1n) is 33.3. The molecule has 3 N–H and O–H groups in total. The van der Waals surface area contributed by atoms with Crippen molar-refractivity contribution in [2.24, 2.45) is 0 Å². The molecule has 0 bridgehead atoms. The van der Waals surface area contributed by atoms with Crippen LogP contribution in [0.4, 0.5) is 0 Å². The summed E-state index contributed by atoms with van der Waals surface area (Å²) < 4.78 is 5.49. The largest absolute Gasteiger partial charge is 0.466 e. The van der Waals surface area contributed by atoms with Gasteiger partial charge < -0.3 is 20.3 Å². The number of aliphatic hydroxyl groups excluding tert-OH is 2. The first-order chi connectivity index (χ1) is 36.5. The second-order valence-corrected chi connectivity index (χ2v) is 22.8. The lowest BCUT2D eigenvalue weighted by Crippen LogP contribution is -2.45. The molecule has 0 aliphatic carbocycles. The average molecular weight is 1040 g/mol. The molecule has 0 saturated carbocycles. The molecule has 6 heteroatoms. The minimum atomic E-state index is -0.842. The predicted molar refractivity (Wildman–Crippen MR) is 324 cm³/mol. The Labute approximate surface area is 462 Å². The lowest BCUT2D eigenvalue weighted by atomic mass is 10.0. The fraction of sp³-hybridized carbons (Fsp3) is 0.882. The molecule has 1 amide bonds. The van der Waals surface area contributed by atoms with Gasteiger partial charge >= 0.3 is 5.97 Å². The molecule has 0 fully saturated rings. The van der Waals surface area contributed by atoms with E-state index >= 15 is 0 Å². The molecule has 0 aliphatic rings. The zero-order valence-electron chi connectivity index (χ0n) is 49.8. The quantitative estimate of drug-likeness (QED) is 0.0320. The molecular weight excluding hydrogens is 911 g/mol. The third kappa shape index (κ3) is 59.3. The van der Waals surface area contributed by atoms with Gasteiger partial charge in [0.05, 0.1) is 25.4 Å². The standard InChI is InChI=1S/C68H129NO5/c1-3-5-7-9-11-13-15-17-34-38-42-46-50-54-58-62-68(73)74-63-59-55-51-47-43-39-36-33-31-29-27-25-23-21-19-18-20-22-24-26-28-30-32-35-37-41-45-49-53-57-61-67(72)69-65(64-70)66(71)60-56-52-48-44-40-16-14-12-10-8-6-4-2/h17,19,21,34,56,60,65-66,70-71H,3-16,18,20,22-33,35-55,57-59,61-64H2,1-2H3,(H,69,72)/b21-19-,34-17-,60-56+. The van der Waals surface area contributed by atoms with E-state index in [1.807, 2.05) is 6.08 Å². The van der Waals surface area contributed by atoms with Crippen LogP contribution in [0.2, 0.25) is 0 Å². The lowest BCUT2D eigenvalue weighted by Gasteiger charge is -2.20. The van der Waals surface area contributed by atoms with Crippen LogP contribution in [-0.4, -0.2) is 47.4 Å². The summed E-state index contributed by atoms with van der Waals surface area (Å²) in [4.78, 5) is 24.5. The van der Waals surface area contributed by atoms with Crippen LogP contribution in [0.3, 0.4) is 0 Å². The Kier molecular flexibility index (Phi) is 62.0. The van der Waals surface area contributed by atoms with Gasteiger partial charge in [0.1, 0.15) is 0 Å². The number of unbranched alkanes of at least 4 members (excludes halogenated alkanes) is 47. The van der Waals surface area contributed by atoms with Crippen molar-refractivity contribution in [2.45, 2.75) is 373 Å². The van der Waals surface area contributed by atoms with Gasteiger partial charge in [0.2, 0.25) is 5.91 Å². The van der Waals surface area contributed by atoms with E-state index < -0.39 is 12.1 Å². The van der Waals surface area contributed by atoms with Crippen molar-refractivity contribution in [3.8, 4) is 0 Å². The van der Waals surface area contributed by atoms with E-state index in [-0.39, 0.29) is 18.5 Å². The Hall–Kier alpha value is -1.92. The molecule has 0 radical (unpaired) electrons. The number of amides is 1. The zero-order valence-corrected chi connectivity index (χ0v) is 49.8. The summed E-state index contributed by atoms with van der Waals surface area (Å²) in [6.07, 6.45) is 80.7. The van der Waals surface area contributed by atoms with Crippen LogP contribution < -0.4 is 5.32 Å². The van der Waals surface area contributed by atoms with Crippen molar-refractivity contribution in [3.05, 3.63) is 36.5 Å². The first-order valence-corrected chi connectivity index (χ1v) is 33.3. The van der Waals surface area contributed by atoms with Gasteiger partial charge in [-0.2, -0.15) is 0 Å². The number of carbonyl (C=O) groups excluding carboxylic acids is 2. The summed E-state index contributed by atoms with van der Waals surface area (Å²) in [5.74, 6) is -0.0573. The third-order valence-electron chi connectivity index (χ3n) is 15.4. The molecule has 6 nitrogen and oxygen atoms in total. The summed E-state index contributed by atoms with van der Waals surface area (Å²) >= 11 is 0. The molecular formula is C68H129NO5. The normalized spacial score (nSPS) is 12.8. The number of esters is 1. The van der Waals surface area contributed by atoms with E-state index in [1.165, 1.54) is 289 Å². The Bertz CT molecular complexity index is 1200. The molecule has 436 valence electrons. The van der Waals surface area contributed by atoms with Gasteiger partial charge in [0.25, 0.3) is 0 Å². The first kappa shape index (κ1) is 72.1. The number of allylic oxidation sites excluding steroid dienone is 5. The molecule has 0 aromatic heterocycles. The molecule has 2 atom stereocenters. The Balaban J connectivity index is 3.36. The highest BCUT2D eigenvalue weighted by Crippen LogP contribution is 2.17. The highest BCUT2D eigenvalue weighted by Gasteiger charge is 2.18. The fourth-order valence-electron chi connectivity index (χ4n) is 10.3. The van der Waals surface area contributed by atoms with E-state index in [4.69, 9.17) is 4.74 Å². The van der Waals surface area contributed by atoms with Gasteiger partial charge in [-0.3, -0.25) is 9.59 Å². The summed E-state index contributed by atoms with van der Waals surface area (Å²) in [5, 5.41) is 23.1. The van der Waals surface area contributed by atoms with Gasteiger partial charge in [0.15, 0.2) is 0 Å². The number of ether oxygens (including phenoxy) is 1. The van der Waals surface area contributed by atoms with Crippen molar-refractivity contribution < 1.29 is 24.5 Å². The van der Waals surface area contributed by atoms with Gasteiger partial charge in [-0.25, -0.2) is 0 Å². The summed E-state index contributed by atoms with van der Waals surface area (Å²) in [5.41, 5.74) is 0. The minimum absolute atomic E-state index is 0.00895. The molecule has 0 rings (SSSR count). The van der Waals surface area contributed by atoms with E-state index in [1.54, 1.807) is 6.08 Å². The van der Waals surface area contributed by atoms with Crippen molar-refractivity contribution in [3.63, 3.8) is 0 Å². The number of nitrogens with one attached hydrogen (secondary N) is 1. The predicted octanol–water partition coefficient (Wildman–Crippen LogP) is 21.1. The van der Waals surface area contributed by atoms with Gasteiger partial charge in [-0.15, -0.1) is 0 Å². The topological polar surface area (TPSA) is 95.9 Å². The number of carbonyl (C=O) groups is 2. The molecule has 2 unspecified atom stereocenters. The molecule has 0 heterocycles. The molecule has 0 saturated heterocycles. The number of hydrogen-bond acceptors (Lipinski definition) is 5. The number of rotatable bonds is 62. The molecule has 0 aromatic carbocycles. The average Bonchev–Trinajstić information content (AvgIpc) is 3.40. The number of hydrogen-bond donors (Lipinski definition) is 3. The maximum absolute atomic E-state index is 12.4. The highest BCUT2D eigenvalue weighted by atomic mass is 16.5. The van der Waals surface area contributed by atoms with Crippen LogP contribution in [0.25, 0.3) is 0 Å². The van der Waals surface area contributed by atoms with Crippen LogP contribution >= 0.6 is 0 Å². The Morgan fingerprint density at radius 2 is 0.635 bits per heavy atom. The molecule has 74 heavy (non-hydrogen) atoms. The van der Waals surface area contributed by atoms with Crippen molar-refractivity contribution >= 4 is 11.9 Å². The monoisotopic (exact) mass is 1040 g/mol. The fourth-order valence-corrected chi connectivity index (χ4v) is 10.3. The maximum atomic E-state index is 12.4. The zero-order chi connectivity index (χ0) is 53.6. The lowest BCUT2D eigenvalue weighted by molar-refractivity contribution is -0.143. The van der Waals surface area contributed by atoms with Gasteiger partial charge in [-0.1, -0.05) is 301 Å². The smallest absolute Gasteiger partial charge is 0.305 e. The van der Waals surface area contributed by atoms with E-state index in [9.17, 15) is 19.8 Å². The summed E-state index contributed by atoms with van der Waals surface area (Å²) in [6.45, 7) is 4.90. The third-order valence-corrected chi connectivity index (χ3v) is 15.4. The van der Waals surface area contributed by atoms with Crippen molar-refractivity contribution in [1.82, 2.24) is 5.32 Å². The SMILES string of the molecule is CCCCCCCC/C=C\CCCCCCCC(=O)OCCCCCCCCCCCCCC/C=C\CCCCCCCCCCCCCCCCC(=O)NC(CO)C(O)/C=C/CCCCCCCCCCCC. The second-order valence-electron chi connectivity index (χ2n) is 22.8. The summed E-state index contributed by atoms with van der Waals surface area (Å²) in [7, 11) is 0. The second kappa shape index (κ2) is 63.6. The number of aliphatic hydroxyl groups is 2. The molecule has 0 aliphatic heterocycles. The van der Waals surface area contributed by atoms with Gasteiger partial charge in [0, 0.05) is 12.8 Å². The van der Waals surface area contributed by atoms with Crippen LogP contribution in [0.1, 0.15) is 361 Å². The van der Waals surface area contributed by atoms with Crippen molar-refractivity contribution in [1.29, 1.82) is 0 Å². The van der Waals surface area contributed by atoms with E-state index in [0.29, 0.717) is 19.4 Å². The Morgan fingerprint density at radius 1 is 0.365 bits per heavy atom. The van der Waals surface area contributed by atoms with E-state index in [0.717, 1.165) is 44.9 Å². The van der Waals surface area contributed by atoms with Crippen LogP contribution in [0.15, 0.2) is 36.5 Å². The van der Waals surface area contributed by atoms with Crippen LogP contribution in [0.5, 0.6) is 0 Å².